The Morgan fingerprint density at radius 1 is 1.30 bits per heavy atom. The molecule has 3 aromatic rings. The van der Waals surface area contributed by atoms with Crippen LogP contribution in [0.15, 0.2) is 42.5 Å². The molecule has 0 saturated heterocycles. The zero-order chi connectivity index (χ0) is 21.4. The van der Waals surface area contributed by atoms with Crippen molar-refractivity contribution >= 4 is 29.1 Å². The van der Waals surface area contributed by atoms with Crippen LogP contribution in [0.1, 0.15) is 18.0 Å². The van der Waals surface area contributed by atoms with Gasteiger partial charge in [0, 0.05) is 23.4 Å². The van der Waals surface area contributed by atoms with Crippen LogP contribution in [0.2, 0.25) is 0 Å². The molecule has 0 saturated carbocycles. The number of rotatable bonds is 4. The van der Waals surface area contributed by atoms with Crippen LogP contribution >= 0.6 is 0 Å². The standard InChI is InChI=1S/C19H15FN6O4/c1-10-8-13(26(29)30)6-7-14(10)21-18(28)15-9-16(27)22-19-23-17(24-25(15)19)11-2-4-12(20)5-3-11/h2-8,15H,9H2,1H3,(H,21,28)(H,22,23,24,27). The van der Waals surface area contributed by atoms with Crippen molar-refractivity contribution in [1.29, 1.82) is 0 Å². The summed E-state index contributed by atoms with van der Waals surface area (Å²) < 4.78 is 14.5. The lowest BCUT2D eigenvalue weighted by atomic mass is 10.1. The molecule has 0 aliphatic carbocycles. The highest BCUT2D eigenvalue weighted by Gasteiger charge is 2.33. The van der Waals surface area contributed by atoms with Gasteiger partial charge >= 0.3 is 0 Å². The van der Waals surface area contributed by atoms with Gasteiger partial charge in [0.05, 0.1) is 11.3 Å². The number of nitrogens with zero attached hydrogens (tertiary/aromatic N) is 4. The number of anilines is 2. The van der Waals surface area contributed by atoms with Crippen LogP contribution in [0.25, 0.3) is 11.4 Å². The van der Waals surface area contributed by atoms with Crippen molar-refractivity contribution in [3.8, 4) is 11.4 Å². The molecule has 1 unspecified atom stereocenters. The van der Waals surface area contributed by atoms with Gasteiger partial charge in [-0.3, -0.25) is 25.0 Å². The van der Waals surface area contributed by atoms with E-state index >= 15 is 0 Å². The lowest BCUT2D eigenvalue weighted by Crippen LogP contribution is -2.36. The molecule has 0 fully saturated rings. The number of carbonyl (C=O) groups excluding carboxylic acids is 2. The molecule has 0 spiro atoms. The Labute approximate surface area is 168 Å². The van der Waals surface area contributed by atoms with Gasteiger partial charge in [-0.1, -0.05) is 0 Å². The number of non-ortho nitro benzene ring substituents is 1. The zero-order valence-corrected chi connectivity index (χ0v) is 15.6. The largest absolute Gasteiger partial charge is 0.324 e. The number of hydrogen-bond acceptors (Lipinski definition) is 6. The van der Waals surface area contributed by atoms with Gasteiger partial charge in [0.15, 0.2) is 5.82 Å². The third kappa shape index (κ3) is 3.60. The van der Waals surface area contributed by atoms with Gasteiger partial charge in [0.25, 0.3) is 5.69 Å². The Morgan fingerprint density at radius 3 is 2.70 bits per heavy atom. The van der Waals surface area contributed by atoms with E-state index in [4.69, 9.17) is 0 Å². The lowest BCUT2D eigenvalue weighted by Gasteiger charge is -2.22. The molecule has 4 rings (SSSR count). The van der Waals surface area contributed by atoms with E-state index in [9.17, 15) is 24.1 Å². The maximum absolute atomic E-state index is 13.2. The molecule has 10 nitrogen and oxygen atoms in total. The van der Waals surface area contributed by atoms with Gasteiger partial charge in [-0.25, -0.2) is 9.07 Å². The number of fused-ring (bicyclic) bond motifs is 1. The summed E-state index contributed by atoms with van der Waals surface area (Å²) in [4.78, 5) is 39.5. The molecule has 152 valence electrons. The molecule has 2 amide bonds. The van der Waals surface area contributed by atoms with E-state index in [0.717, 1.165) is 0 Å². The topological polar surface area (TPSA) is 132 Å². The normalized spacial score (nSPS) is 15.3. The minimum atomic E-state index is -0.968. The third-order valence-corrected chi connectivity index (χ3v) is 4.64. The summed E-state index contributed by atoms with van der Waals surface area (Å²) in [6.45, 7) is 1.63. The summed E-state index contributed by atoms with van der Waals surface area (Å²) in [6, 6.07) is 8.60. The molecule has 2 aromatic carbocycles. The molecule has 1 aliphatic heterocycles. The fourth-order valence-electron chi connectivity index (χ4n) is 3.11. The monoisotopic (exact) mass is 410 g/mol. The Hall–Kier alpha value is -4.15. The molecular weight excluding hydrogens is 395 g/mol. The number of hydrogen-bond donors (Lipinski definition) is 2. The molecule has 2 heterocycles. The van der Waals surface area contributed by atoms with Gasteiger partial charge in [0.1, 0.15) is 11.9 Å². The second-order valence-corrected chi connectivity index (χ2v) is 6.72. The summed E-state index contributed by atoms with van der Waals surface area (Å²) in [5, 5.41) is 20.4. The second kappa shape index (κ2) is 7.35. The smallest absolute Gasteiger partial charge is 0.269 e. The highest BCUT2D eigenvalue weighted by Crippen LogP contribution is 2.28. The summed E-state index contributed by atoms with van der Waals surface area (Å²) in [7, 11) is 0. The van der Waals surface area contributed by atoms with Gasteiger partial charge in [-0.2, -0.15) is 4.98 Å². The highest BCUT2D eigenvalue weighted by molar-refractivity contribution is 6.01. The maximum Gasteiger partial charge on any atom is 0.269 e. The number of nitro benzene ring substituents is 1. The molecule has 11 heteroatoms. The van der Waals surface area contributed by atoms with E-state index in [1.807, 2.05) is 0 Å². The SMILES string of the molecule is Cc1cc([N+](=O)[O-])ccc1NC(=O)C1CC(=O)Nc2nc(-c3ccc(F)cc3)nn21. The highest BCUT2D eigenvalue weighted by atomic mass is 19.1. The predicted molar refractivity (Wildman–Crippen MR) is 104 cm³/mol. The molecule has 1 aromatic heterocycles. The number of aromatic nitrogens is 3. The quantitative estimate of drug-likeness (QED) is 0.502. The fraction of sp³-hybridized carbons (Fsp3) is 0.158. The van der Waals surface area contributed by atoms with E-state index in [1.165, 1.54) is 47.1 Å². The average Bonchev–Trinajstić information content (AvgIpc) is 3.13. The minimum absolute atomic E-state index is 0.0926. The van der Waals surface area contributed by atoms with Crippen molar-refractivity contribution in [3.05, 3.63) is 64.0 Å². The first-order chi connectivity index (χ1) is 14.3. The van der Waals surface area contributed by atoms with Gasteiger partial charge in [0.2, 0.25) is 17.8 Å². The lowest BCUT2D eigenvalue weighted by molar-refractivity contribution is -0.384. The van der Waals surface area contributed by atoms with E-state index in [0.29, 0.717) is 16.8 Å². The molecule has 1 aliphatic rings. The Kier molecular flexibility index (Phi) is 4.70. The van der Waals surface area contributed by atoms with Crippen molar-refractivity contribution in [1.82, 2.24) is 14.8 Å². The first kappa shape index (κ1) is 19.2. The van der Waals surface area contributed by atoms with Crippen molar-refractivity contribution in [3.63, 3.8) is 0 Å². The molecule has 2 N–H and O–H groups in total. The summed E-state index contributed by atoms with van der Waals surface area (Å²) in [5.41, 5.74) is 1.32. The van der Waals surface area contributed by atoms with E-state index in [-0.39, 0.29) is 23.9 Å². The third-order valence-electron chi connectivity index (χ3n) is 4.64. The van der Waals surface area contributed by atoms with Crippen LogP contribution in [0.5, 0.6) is 0 Å². The maximum atomic E-state index is 13.2. The van der Waals surface area contributed by atoms with Crippen molar-refractivity contribution in [2.75, 3.05) is 10.6 Å². The second-order valence-electron chi connectivity index (χ2n) is 6.72. The zero-order valence-electron chi connectivity index (χ0n) is 15.6. The first-order valence-electron chi connectivity index (χ1n) is 8.90. The Balaban J connectivity index is 1.62. The minimum Gasteiger partial charge on any atom is -0.324 e. The summed E-state index contributed by atoms with van der Waals surface area (Å²) >= 11 is 0. The van der Waals surface area contributed by atoms with Crippen molar-refractivity contribution in [2.45, 2.75) is 19.4 Å². The van der Waals surface area contributed by atoms with Crippen LogP contribution in [-0.2, 0) is 9.59 Å². The number of aryl methyl sites for hydroxylation is 1. The average molecular weight is 410 g/mol. The number of amides is 2. The van der Waals surface area contributed by atoms with Gasteiger partial charge in [-0.05, 0) is 42.8 Å². The number of benzene rings is 2. The first-order valence-corrected chi connectivity index (χ1v) is 8.90. The molecule has 0 bridgehead atoms. The Bertz CT molecular complexity index is 1170. The molecular formula is C19H15FN6O4. The van der Waals surface area contributed by atoms with Crippen LogP contribution in [-0.4, -0.2) is 31.5 Å². The molecule has 30 heavy (non-hydrogen) atoms. The van der Waals surface area contributed by atoms with Crippen LogP contribution in [0.4, 0.5) is 21.7 Å². The van der Waals surface area contributed by atoms with Gasteiger partial charge < -0.3 is 5.32 Å². The molecule has 1 atom stereocenters. The van der Waals surface area contributed by atoms with E-state index in [2.05, 4.69) is 20.7 Å². The van der Waals surface area contributed by atoms with Crippen LogP contribution in [0, 0.1) is 22.9 Å². The Morgan fingerprint density at radius 2 is 2.03 bits per heavy atom. The number of halogens is 1. The van der Waals surface area contributed by atoms with E-state index < -0.39 is 28.6 Å². The summed E-state index contributed by atoms with van der Waals surface area (Å²) in [5.74, 6) is -0.992. The van der Waals surface area contributed by atoms with Gasteiger partial charge in [-0.15, -0.1) is 5.10 Å². The van der Waals surface area contributed by atoms with Crippen LogP contribution in [0.3, 0.4) is 0 Å². The fourth-order valence-corrected chi connectivity index (χ4v) is 3.11. The predicted octanol–water partition coefficient (Wildman–Crippen LogP) is 2.82. The van der Waals surface area contributed by atoms with Crippen molar-refractivity contribution < 1.29 is 18.9 Å². The number of nitro groups is 1. The van der Waals surface area contributed by atoms with Crippen molar-refractivity contribution in [2.24, 2.45) is 0 Å². The van der Waals surface area contributed by atoms with E-state index in [1.54, 1.807) is 6.92 Å². The number of nitrogens with one attached hydrogen (secondary N) is 2. The molecule has 0 radical (unpaired) electrons. The van der Waals surface area contributed by atoms with Crippen LogP contribution < -0.4 is 10.6 Å². The number of carbonyl (C=O) groups is 2. The summed E-state index contributed by atoms with van der Waals surface area (Å²) in [6.07, 6.45) is -0.156.